The molecule has 0 aliphatic carbocycles. The fourth-order valence-electron chi connectivity index (χ4n) is 11.1. The van der Waals surface area contributed by atoms with Crippen LogP contribution >= 0.6 is 0 Å². The quantitative estimate of drug-likeness (QED) is 0.0998. The number of hydrogen-bond donors (Lipinski definition) is 0. The summed E-state index contributed by atoms with van der Waals surface area (Å²) in [6.45, 7) is -0.0244. The fraction of sp³-hybridized carbons (Fsp3) is 0. The Morgan fingerprint density at radius 3 is 1.24 bits per heavy atom. The van der Waals surface area contributed by atoms with E-state index >= 15 is 0 Å². The molecule has 0 fully saturated rings. The molecule has 0 atom stereocenters. The maximum absolute atomic E-state index is 2.57. The standard InChI is InChI=1S/C60H37BN2/c1-3-17-46(18-4-1)62-56-36-45(43-24-23-42-33-40-15-7-8-16-41(40)34-44(42)35-43)37-57-58(56)61(54-31-29-50-48-21-11-9-13-38(48)25-27-52(50)59(54)62)55-32-30-51-49-22-12-10-14-39(49)26-28-53(51)60(55)63(57)47-19-5-2-6-20-47/h1-37H. The van der Waals surface area contributed by atoms with Crippen LogP contribution in [0.15, 0.2) is 224 Å². The summed E-state index contributed by atoms with van der Waals surface area (Å²) in [6.07, 6.45) is 0. The third-order valence-electron chi connectivity index (χ3n) is 13.9. The molecular formula is C60H37BN2. The van der Waals surface area contributed by atoms with Gasteiger partial charge in [0.2, 0.25) is 0 Å². The zero-order valence-corrected chi connectivity index (χ0v) is 34.3. The van der Waals surface area contributed by atoms with E-state index in [1.54, 1.807) is 0 Å². The molecule has 290 valence electrons. The summed E-state index contributed by atoms with van der Waals surface area (Å²) in [7, 11) is 0. The summed E-state index contributed by atoms with van der Waals surface area (Å²) in [5.74, 6) is 0. The van der Waals surface area contributed by atoms with Gasteiger partial charge in [0, 0.05) is 44.9 Å². The van der Waals surface area contributed by atoms with Gasteiger partial charge in [-0.25, -0.2) is 0 Å². The summed E-state index contributed by atoms with van der Waals surface area (Å²) >= 11 is 0. The van der Waals surface area contributed by atoms with Crippen molar-refractivity contribution in [2.75, 3.05) is 9.80 Å². The first-order valence-corrected chi connectivity index (χ1v) is 22.0. The van der Waals surface area contributed by atoms with Crippen LogP contribution in [0.4, 0.5) is 34.1 Å². The second-order valence-corrected chi connectivity index (χ2v) is 17.2. The van der Waals surface area contributed by atoms with E-state index in [2.05, 4.69) is 234 Å². The maximum Gasteiger partial charge on any atom is 0.252 e. The van der Waals surface area contributed by atoms with E-state index in [1.807, 2.05) is 0 Å². The molecule has 3 heteroatoms. The lowest BCUT2D eigenvalue weighted by Gasteiger charge is -2.45. The molecule has 12 aromatic carbocycles. The van der Waals surface area contributed by atoms with Crippen molar-refractivity contribution in [2.24, 2.45) is 0 Å². The molecule has 0 N–H and O–H groups in total. The lowest BCUT2D eigenvalue weighted by Crippen LogP contribution is -2.61. The number of fused-ring (bicyclic) bond motifs is 14. The monoisotopic (exact) mass is 796 g/mol. The Kier molecular flexibility index (Phi) is 7.23. The van der Waals surface area contributed by atoms with Gasteiger partial charge in [-0.05, 0) is 136 Å². The van der Waals surface area contributed by atoms with Crippen molar-refractivity contribution in [3.8, 4) is 11.1 Å². The molecule has 12 aromatic rings. The first-order chi connectivity index (χ1) is 31.2. The first-order valence-electron chi connectivity index (χ1n) is 22.0. The summed E-state index contributed by atoms with van der Waals surface area (Å²) in [5, 5.41) is 15.1. The van der Waals surface area contributed by atoms with Crippen LogP contribution in [0, 0.1) is 0 Å². The van der Waals surface area contributed by atoms with Crippen LogP contribution < -0.4 is 26.2 Å². The van der Waals surface area contributed by atoms with E-state index < -0.39 is 0 Å². The summed E-state index contributed by atoms with van der Waals surface area (Å²) in [5.41, 5.74) is 13.5. The minimum absolute atomic E-state index is 0.0244. The normalized spacial score (nSPS) is 13.0. The molecule has 0 bridgehead atoms. The summed E-state index contributed by atoms with van der Waals surface area (Å²) < 4.78 is 0. The first kappa shape index (κ1) is 34.6. The third-order valence-corrected chi connectivity index (χ3v) is 13.9. The molecule has 2 aliphatic heterocycles. The Hall–Kier alpha value is -8.14. The minimum Gasteiger partial charge on any atom is -0.311 e. The van der Waals surface area contributed by atoms with Gasteiger partial charge in [-0.1, -0.05) is 170 Å². The largest absolute Gasteiger partial charge is 0.311 e. The molecule has 0 saturated carbocycles. The smallest absolute Gasteiger partial charge is 0.252 e. The van der Waals surface area contributed by atoms with Crippen molar-refractivity contribution in [3.05, 3.63) is 224 Å². The van der Waals surface area contributed by atoms with E-state index in [0.29, 0.717) is 0 Å². The van der Waals surface area contributed by atoms with E-state index in [9.17, 15) is 0 Å². The zero-order valence-electron chi connectivity index (χ0n) is 34.3. The van der Waals surface area contributed by atoms with Crippen LogP contribution in [0.25, 0.3) is 75.8 Å². The minimum atomic E-state index is -0.0244. The van der Waals surface area contributed by atoms with Crippen LogP contribution in [0.3, 0.4) is 0 Å². The molecule has 2 heterocycles. The van der Waals surface area contributed by atoms with Crippen molar-refractivity contribution in [1.82, 2.24) is 0 Å². The van der Waals surface area contributed by atoms with Gasteiger partial charge in [0.05, 0.1) is 0 Å². The average Bonchev–Trinajstić information content (AvgIpc) is 3.35. The van der Waals surface area contributed by atoms with Gasteiger partial charge in [-0.3, -0.25) is 0 Å². The highest BCUT2D eigenvalue weighted by Gasteiger charge is 2.45. The van der Waals surface area contributed by atoms with Crippen molar-refractivity contribution >= 4 is 122 Å². The number of nitrogens with zero attached hydrogens (tertiary/aromatic N) is 2. The molecule has 0 aromatic heterocycles. The Labute approximate surface area is 365 Å². The van der Waals surface area contributed by atoms with Gasteiger partial charge in [-0.15, -0.1) is 0 Å². The van der Waals surface area contributed by atoms with Crippen LogP contribution in [0.5, 0.6) is 0 Å². The number of para-hydroxylation sites is 2. The van der Waals surface area contributed by atoms with Crippen molar-refractivity contribution < 1.29 is 0 Å². The highest BCUT2D eigenvalue weighted by atomic mass is 15.2. The van der Waals surface area contributed by atoms with Crippen LogP contribution in [0.2, 0.25) is 0 Å². The molecule has 0 unspecified atom stereocenters. The van der Waals surface area contributed by atoms with E-state index in [1.165, 1.54) is 115 Å². The van der Waals surface area contributed by atoms with E-state index in [-0.39, 0.29) is 6.71 Å². The molecule has 0 radical (unpaired) electrons. The highest BCUT2D eigenvalue weighted by molar-refractivity contribution is 7.00. The summed E-state index contributed by atoms with van der Waals surface area (Å²) in [6, 6.07) is 84.0. The van der Waals surface area contributed by atoms with Gasteiger partial charge in [0.1, 0.15) is 0 Å². The van der Waals surface area contributed by atoms with E-state index in [0.717, 1.165) is 11.4 Å². The topological polar surface area (TPSA) is 6.48 Å². The maximum atomic E-state index is 2.57. The lowest BCUT2D eigenvalue weighted by molar-refractivity contribution is 1.27. The van der Waals surface area contributed by atoms with E-state index in [4.69, 9.17) is 0 Å². The third kappa shape index (κ3) is 5.02. The predicted molar refractivity (Wildman–Crippen MR) is 271 cm³/mol. The van der Waals surface area contributed by atoms with Crippen LogP contribution in [0.1, 0.15) is 0 Å². The van der Waals surface area contributed by atoms with Gasteiger partial charge >= 0.3 is 0 Å². The van der Waals surface area contributed by atoms with Gasteiger partial charge in [-0.2, -0.15) is 0 Å². The predicted octanol–water partition coefficient (Wildman–Crippen LogP) is 14.4. The van der Waals surface area contributed by atoms with Gasteiger partial charge < -0.3 is 9.80 Å². The van der Waals surface area contributed by atoms with Crippen LogP contribution in [-0.4, -0.2) is 6.71 Å². The zero-order chi connectivity index (χ0) is 41.2. The summed E-state index contributed by atoms with van der Waals surface area (Å²) in [4.78, 5) is 5.14. The SMILES string of the molecule is c1ccc(N2c3cc(-c4ccc5cc6ccccc6cc5c4)cc4c3B(c3ccc5c(ccc6ccccc65)c32)c2ccc3c(ccc5ccccc53)c2N4c2ccccc2)cc1. The van der Waals surface area contributed by atoms with Gasteiger partial charge in [0.15, 0.2) is 0 Å². The van der Waals surface area contributed by atoms with Gasteiger partial charge in [0.25, 0.3) is 6.71 Å². The number of anilines is 6. The second kappa shape index (κ2) is 13.2. The number of benzene rings is 12. The van der Waals surface area contributed by atoms with Crippen molar-refractivity contribution in [2.45, 2.75) is 0 Å². The van der Waals surface area contributed by atoms with Crippen molar-refractivity contribution in [1.29, 1.82) is 0 Å². The number of hydrogen-bond acceptors (Lipinski definition) is 2. The second-order valence-electron chi connectivity index (χ2n) is 17.2. The Balaban J connectivity index is 1.14. The Morgan fingerprint density at radius 2 is 0.698 bits per heavy atom. The Morgan fingerprint density at radius 1 is 0.270 bits per heavy atom. The van der Waals surface area contributed by atoms with Crippen molar-refractivity contribution in [3.63, 3.8) is 0 Å². The average molecular weight is 797 g/mol. The lowest BCUT2D eigenvalue weighted by atomic mass is 9.33. The molecule has 0 amide bonds. The molecule has 0 saturated heterocycles. The molecule has 14 rings (SSSR count). The highest BCUT2D eigenvalue weighted by Crippen LogP contribution is 2.50. The molecular weight excluding hydrogens is 759 g/mol. The fourth-order valence-corrected chi connectivity index (χ4v) is 11.1. The molecule has 0 spiro atoms. The number of rotatable bonds is 3. The molecule has 2 aliphatic rings. The molecule has 2 nitrogen and oxygen atoms in total. The molecule has 63 heavy (non-hydrogen) atoms. The Bertz CT molecular complexity index is 3690. The van der Waals surface area contributed by atoms with Crippen LogP contribution in [-0.2, 0) is 0 Å².